The molecule has 0 spiro atoms. The summed E-state index contributed by atoms with van der Waals surface area (Å²) in [5, 5.41) is 0. The normalized spacial score (nSPS) is 40.3. The third kappa shape index (κ3) is 2.93. The van der Waals surface area contributed by atoms with Crippen LogP contribution in [0.5, 0.6) is 0 Å². The number of piperidine rings is 1. The molecule has 0 aromatic rings. The minimum absolute atomic E-state index is 0.0661. The summed E-state index contributed by atoms with van der Waals surface area (Å²) in [6.45, 7) is 4.15. The molecule has 2 N–H and O–H groups in total. The molecule has 5 nitrogen and oxygen atoms in total. The van der Waals surface area contributed by atoms with E-state index < -0.39 is 5.54 Å². The number of hydrogen-bond acceptors (Lipinski definition) is 5. The van der Waals surface area contributed by atoms with E-state index in [0.717, 1.165) is 32.4 Å². The Balaban J connectivity index is 1.99. The van der Waals surface area contributed by atoms with E-state index in [0.29, 0.717) is 18.9 Å². The summed E-state index contributed by atoms with van der Waals surface area (Å²) in [5.74, 6) is -0.276. The standard InChI is InChI=1S/C14H26N2O3/c1-13(19-3)6-4-8-16(10-13)11-5-7-14(15,9-11)12(17)18-2/h11H,4-10,15H2,1-3H3. The molecular weight excluding hydrogens is 244 g/mol. The Hall–Kier alpha value is -0.650. The topological polar surface area (TPSA) is 64.8 Å². The minimum atomic E-state index is -0.791. The van der Waals surface area contributed by atoms with Gasteiger partial charge in [-0.1, -0.05) is 0 Å². The number of nitrogens with two attached hydrogens (primary N) is 1. The Morgan fingerprint density at radius 2 is 2.11 bits per heavy atom. The average Bonchev–Trinajstić information content (AvgIpc) is 2.82. The van der Waals surface area contributed by atoms with Crippen LogP contribution in [0.1, 0.15) is 39.0 Å². The third-order valence-electron chi connectivity index (χ3n) is 4.81. The molecule has 3 atom stereocenters. The van der Waals surface area contributed by atoms with Gasteiger partial charge in [-0.05, 0) is 45.6 Å². The number of carbonyl (C=O) groups is 1. The van der Waals surface area contributed by atoms with Gasteiger partial charge in [0.15, 0.2) is 0 Å². The van der Waals surface area contributed by atoms with E-state index in [1.807, 2.05) is 0 Å². The average molecular weight is 270 g/mol. The van der Waals surface area contributed by atoms with Crippen molar-refractivity contribution in [3.05, 3.63) is 0 Å². The van der Waals surface area contributed by atoms with Gasteiger partial charge in [-0.15, -0.1) is 0 Å². The van der Waals surface area contributed by atoms with Gasteiger partial charge in [0.1, 0.15) is 5.54 Å². The van der Waals surface area contributed by atoms with E-state index in [4.69, 9.17) is 15.2 Å². The molecule has 1 saturated heterocycles. The Bertz CT molecular complexity index is 350. The second-order valence-electron chi connectivity index (χ2n) is 6.27. The zero-order valence-electron chi connectivity index (χ0n) is 12.3. The fourth-order valence-corrected chi connectivity index (χ4v) is 3.47. The third-order valence-corrected chi connectivity index (χ3v) is 4.81. The van der Waals surface area contributed by atoms with E-state index in [1.54, 1.807) is 7.11 Å². The molecule has 0 bridgehead atoms. The smallest absolute Gasteiger partial charge is 0.325 e. The first-order chi connectivity index (χ1) is 8.92. The summed E-state index contributed by atoms with van der Waals surface area (Å²) in [4.78, 5) is 14.2. The van der Waals surface area contributed by atoms with Crippen LogP contribution in [0.2, 0.25) is 0 Å². The molecule has 1 heterocycles. The molecule has 0 aromatic carbocycles. The van der Waals surface area contributed by atoms with Crippen molar-refractivity contribution in [2.24, 2.45) is 5.73 Å². The highest BCUT2D eigenvalue weighted by molar-refractivity contribution is 5.81. The van der Waals surface area contributed by atoms with Gasteiger partial charge < -0.3 is 15.2 Å². The lowest BCUT2D eigenvalue weighted by Crippen LogP contribution is -2.52. The van der Waals surface area contributed by atoms with Crippen LogP contribution in [0.3, 0.4) is 0 Å². The number of esters is 1. The second kappa shape index (κ2) is 5.38. The van der Waals surface area contributed by atoms with Crippen molar-refractivity contribution in [1.29, 1.82) is 0 Å². The van der Waals surface area contributed by atoms with Crippen LogP contribution in [-0.2, 0) is 14.3 Å². The molecule has 0 aromatic heterocycles. The molecule has 5 heteroatoms. The summed E-state index contributed by atoms with van der Waals surface area (Å²) in [7, 11) is 3.19. The molecule has 1 saturated carbocycles. The molecule has 0 amide bonds. The molecule has 110 valence electrons. The van der Waals surface area contributed by atoms with Crippen molar-refractivity contribution in [3.8, 4) is 0 Å². The molecule has 3 unspecified atom stereocenters. The number of hydrogen-bond donors (Lipinski definition) is 1. The number of nitrogens with zero attached hydrogens (tertiary/aromatic N) is 1. The lowest BCUT2D eigenvalue weighted by atomic mass is 9.92. The van der Waals surface area contributed by atoms with E-state index in [1.165, 1.54) is 7.11 Å². The highest BCUT2D eigenvalue weighted by Crippen LogP contribution is 2.35. The van der Waals surface area contributed by atoms with Gasteiger partial charge in [0.05, 0.1) is 12.7 Å². The number of rotatable bonds is 3. The van der Waals surface area contributed by atoms with Crippen molar-refractivity contribution in [2.75, 3.05) is 27.3 Å². The number of ether oxygens (including phenoxy) is 2. The van der Waals surface area contributed by atoms with Crippen molar-refractivity contribution in [1.82, 2.24) is 4.90 Å². The number of methoxy groups -OCH3 is 2. The van der Waals surface area contributed by atoms with Gasteiger partial charge >= 0.3 is 5.97 Å². The van der Waals surface area contributed by atoms with Crippen molar-refractivity contribution < 1.29 is 14.3 Å². The highest BCUT2D eigenvalue weighted by atomic mass is 16.5. The molecule has 2 fully saturated rings. The molecule has 2 aliphatic rings. The van der Waals surface area contributed by atoms with Gasteiger partial charge in [0, 0.05) is 19.7 Å². The number of carbonyl (C=O) groups excluding carboxylic acids is 1. The van der Waals surface area contributed by atoms with Gasteiger partial charge in [0.2, 0.25) is 0 Å². The lowest BCUT2D eigenvalue weighted by Gasteiger charge is -2.42. The Kier molecular flexibility index (Phi) is 4.18. The first-order valence-electron chi connectivity index (χ1n) is 7.09. The predicted molar refractivity (Wildman–Crippen MR) is 72.8 cm³/mol. The summed E-state index contributed by atoms with van der Waals surface area (Å²) in [6.07, 6.45) is 4.60. The summed E-state index contributed by atoms with van der Waals surface area (Å²) < 4.78 is 10.5. The maximum atomic E-state index is 11.8. The quantitative estimate of drug-likeness (QED) is 0.772. The maximum Gasteiger partial charge on any atom is 0.325 e. The van der Waals surface area contributed by atoms with Crippen molar-refractivity contribution in [3.63, 3.8) is 0 Å². The monoisotopic (exact) mass is 270 g/mol. The van der Waals surface area contributed by atoms with Crippen LogP contribution < -0.4 is 5.73 Å². The first-order valence-corrected chi connectivity index (χ1v) is 7.09. The van der Waals surface area contributed by atoms with Crippen LogP contribution in [0.15, 0.2) is 0 Å². The van der Waals surface area contributed by atoms with Crippen molar-refractivity contribution in [2.45, 2.75) is 56.2 Å². The van der Waals surface area contributed by atoms with Gasteiger partial charge in [-0.3, -0.25) is 9.69 Å². The fourth-order valence-electron chi connectivity index (χ4n) is 3.47. The second-order valence-corrected chi connectivity index (χ2v) is 6.27. The SMILES string of the molecule is COC(=O)C1(N)CCC(N2CCCC(C)(OC)C2)C1. The summed E-state index contributed by atoms with van der Waals surface area (Å²) in [5.41, 5.74) is 5.32. The summed E-state index contributed by atoms with van der Waals surface area (Å²) in [6, 6.07) is 0.374. The first kappa shape index (κ1) is 14.8. The molecule has 0 radical (unpaired) electrons. The van der Waals surface area contributed by atoms with E-state index in [9.17, 15) is 4.79 Å². The van der Waals surface area contributed by atoms with Crippen molar-refractivity contribution >= 4 is 5.97 Å². The highest BCUT2D eigenvalue weighted by Gasteiger charge is 2.46. The van der Waals surface area contributed by atoms with Crippen LogP contribution in [0.25, 0.3) is 0 Å². The Labute approximate surface area is 115 Å². The maximum absolute atomic E-state index is 11.8. The largest absolute Gasteiger partial charge is 0.468 e. The summed E-state index contributed by atoms with van der Waals surface area (Å²) >= 11 is 0. The zero-order valence-corrected chi connectivity index (χ0v) is 12.3. The van der Waals surface area contributed by atoms with E-state index in [2.05, 4.69) is 11.8 Å². The van der Waals surface area contributed by atoms with Crippen LogP contribution >= 0.6 is 0 Å². The molecule has 2 rings (SSSR count). The lowest BCUT2D eigenvalue weighted by molar-refractivity contribution is -0.147. The number of likely N-dealkylation sites (tertiary alicyclic amines) is 1. The van der Waals surface area contributed by atoms with Crippen LogP contribution in [-0.4, -0.2) is 55.4 Å². The molecule has 19 heavy (non-hydrogen) atoms. The van der Waals surface area contributed by atoms with Crippen LogP contribution in [0.4, 0.5) is 0 Å². The van der Waals surface area contributed by atoms with E-state index >= 15 is 0 Å². The molecule has 1 aliphatic heterocycles. The van der Waals surface area contributed by atoms with Gasteiger partial charge in [-0.2, -0.15) is 0 Å². The van der Waals surface area contributed by atoms with E-state index in [-0.39, 0.29) is 11.6 Å². The fraction of sp³-hybridized carbons (Fsp3) is 0.929. The van der Waals surface area contributed by atoms with Gasteiger partial charge in [0.25, 0.3) is 0 Å². The van der Waals surface area contributed by atoms with Gasteiger partial charge in [-0.25, -0.2) is 0 Å². The molecular formula is C14H26N2O3. The zero-order chi connectivity index (χ0) is 14.1. The minimum Gasteiger partial charge on any atom is -0.468 e. The van der Waals surface area contributed by atoms with Crippen LogP contribution in [0, 0.1) is 0 Å². The Morgan fingerprint density at radius 3 is 2.74 bits per heavy atom. The molecule has 1 aliphatic carbocycles. The Morgan fingerprint density at radius 1 is 1.37 bits per heavy atom. The predicted octanol–water partition coefficient (Wildman–Crippen LogP) is 0.910.